The third-order valence-corrected chi connectivity index (χ3v) is 3.42. The summed E-state index contributed by atoms with van der Waals surface area (Å²) in [6.45, 7) is 0. The molecule has 1 aliphatic rings. The molecule has 6 heteroatoms. The maximum Gasteiger partial charge on any atom is 0.251 e. The highest BCUT2D eigenvalue weighted by Crippen LogP contribution is 2.33. The topological polar surface area (TPSA) is 51.1 Å². The first kappa shape index (κ1) is 13.7. The van der Waals surface area contributed by atoms with Crippen LogP contribution in [0, 0.1) is 0 Å². The third-order valence-electron chi connectivity index (χ3n) is 3.42. The number of pyridine rings is 1. The van der Waals surface area contributed by atoms with Crippen LogP contribution in [-0.4, -0.2) is 22.4 Å². The molecule has 1 fully saturated rings. The van der Waals surface area contributed by atoms with Gasteiger partial charge in [-0.1, -0.05) is 0 Å². The lowest BCUT2D eigenvalue weighted by molar-refractivity contribution is -0.0399. The molecular weight excluding hydrogens is 254 g/mol. The summed E-state index contributed by atoms with van der Waals surface area (Å²) in [5, 5.41) is 2.70. The minimum absolute atomic E-state index is 0.200. The van der Waals surface area contributed by atoms with Crippen LogP contribution in [0.4, 0.5) is 8.78 Å². The lowest BCUT2D eigenvalue weighted by Crippen LogP contribution is -2.40. The third kappa shape index (κ3) is 3.39. The van der Waals surface area contributed by atoms with Gasteiger partial charge in [-0.05, 0) is 18.9 Å². The second-order valence-electron chi connectivity index (χ2n) is 4.97. The minimum atomic E-state index is -2.61. The van der Waals surface area contributed by atoms with Crippen molar-refractivity contribution in [3.63, 3.8) is 0 Å². The van der Waals surface area contributed by atoms with Crippen molar-refractivity contribution in [1.29, 1.82) is 0 Å². The number of halogens is 2. The van der Waals surface area contributed by atoms with E-state index in [2.05, 4.69) is 5.32 Å². The molecule has 19 heavy (non-hydrogen) atoms. The van der Waals surface area contributed by atoms with Gasteiger partial charge in [-0.3, -0.25) is 9.59 Å². The number of aryl methyl sites for hydroxylation is 1. The van der Waals surface area contributed by atoms with Gasteiger partial charge in [-0.2, -0.15) is 0 Å². The summed E-state index contributed by atoms with van der Waals surface area (Å²) in [4.78, 5) is 23.3. The summed E-state index contributed by atoms with van der Waals surface area (Å²) in [5.41, 5.74) is -0.0109. The first-order valence-electron chi connectivity index (χ1n) is 6.23. The van der Waals surface area contributed by atoms with E-state index in [1.165, 1.54) is 22.9 Å². The van der Waals surface area contributed by atoms with Gasteiger partial charge >= 0.3 is 0 Å². The van der Waals surface area contributed by atoms with Gasteiger partial charge in [-0.25, -0.2) is 8.78 Å². The molecule has 1 amide bonds. The Hall–Kier alpha value is -1.72. The van der Waals surface area contributed by atoms with Gasteiger partial charge < -0.3 is 9.88 Å². The predicted octanol–water partition coefficient (Wildman–Crippen LogP) is 1.69. The van der Waals surface area contributed by atoms with Gasteiger partial charge in [0.1, 0.15) is 0 Å². The number of nitrogens with one attached hydrogen (secondary N) is 1. The van der Waals surface area contributed by atoms with Crippen LogP contribution in [0.5, 0.6) is 0 Å². The summed E-state index contributed by atoms with van der Waals surface area (Å²) in [7, 11) is 1.59. The Morgan fingerprint density at radius 3 is 2.63 bits per heavy atom. The van der Waals surface area contributed by atoms with Crippen LogP contribution in [0.1, 0.15) is 36.0 Å². The largest absolute Gasteiger partial charge is 0.349 e. The smallest absolute Gasteiger partial charge is 0.251 e. The second kappa shape index (κ2) is 5.11. The van der Waals surface area contributed by atoms with Gasteiger partial charge in [0.15, 0.2) is 0 Å². The van der Waals surface area contributed by atoms with Crippen molar-refractivity contribution in [2.45, 2.75) is 37.6 Å². The molecule has 0 spiro atoms. The van der Waals surface area contributed by atoms with E-state index in [1.54, 1.807) is 7.05 Å². The van der Waals surface area contributed by atoms with Crippen molar-refractivity contribution < 1.29 is 13.6 Å². The van der Waals surface area contributed by atoms with E-state index in [4.69, 9.17) is 0 Å². The van der Waals surface area contributed by atoms with Gasteiger partial charge in [0, 0.05) is 43.8 Å². The highest BCUT2D eigenvalue weighted by molar-refractivity contribution is 5.94. The fourth-order valence-corrected chi connectivity index (χ4v) is 2.14. The summed E-state index contributed by atoms with van der Waals surface area (Å²) >= 11 is 0. The predicted molar refractivity (Wildman–Crippen MR) is 66.4 cm³/mol. The fraction of sp³-hybridized carbons (Fsp3) is 0.538. The Kier molecular flexibility index (Phi) is 3.68. The number of hydrogen-bond acceptors (Lipinski definition) is 2. The summed E-state index contributed by atoms with van der Waals surface area (Å²) < 4.78 is 27.3. The van der Waals surface area contributed by atoms with Crippen molar-refractivity contribution in [1.82, 2.24) is 9.88 Å². The van der Waals surface area contributed by atoms with Crippen LogP contribution in [-0.2, 0) is 7.05 Å². The average molecular weight is 270 g/mol. The molecule has 1 aliphatic carbocycles. The van der Waals surface area contributed by atoms with E-state index in [-0.39, 0.29) is 48.8 Å². The lowest BCUT2D eigenvalue weighted by Gasteiger charge is -2.28. The standard InChI is InChI=1S/C13H16F2N2O2/c1-17-7-4-9(8-11(17)18)12(19)16-10-2-5-13(14,15)6-3-10/h4,7-8,10H,2-3,5-6H2,1H3,(H,16,19). The van der Waals surface area contributed by atoms with Crippen molar-refractivity contribution in [2.75, 3.05) is 0 Å². The van der Waals surface area contributed by atoms with E-state index >= 15 is 0 Å². The van der Waals surface area contributed by atoms with Crippen LogP contribution in [0.3, 0.4) is 0 Å². The average Bonchev–Trinajstić information content (AvgIpc) is 2.35. The molecule has 0 atom stereocenters. The van der Waals surface area contributed by atoms with E-state index in [1.807, 2.05) is 0 Å². The molecule has 0 aromatic carbocycles. The quantitative estimate of drug-likeness (QED) is 0.889. The molecule has 2 rings (SSSR count). The van der Waals surface area contributed by atoms with Crippen LogP contribution in [0.15, 0.2) is 23.1 Å². The van der Waals surface area contributed by atoms with Crippen molar-refractivity contribution in [2.24, 2.45) is 7.05 Å². The normalized spacial score (nSPS) is 19.1. The zero-order chi connectivity index (χ0) is 14.0. The molecule has 104 valence electrons. The summed E-state index contributed by atoms with van der Waals surface area (Å²) in [6, 6.07) is 2.54. The first-order valence-corrected chi connectivity index (χ1v) is 6.23. The van der Waals surface area contributed by atoms with E-state index in [9.17, 15) is 18.4 Å². The molecule has 1 heterocycles. The number of aromatic nitrogens is 1. The van der Waals surface area contributed by atoms with E-state index < -0.39 is 5.92 Å². The molecule has 1 N–H and O–H groups in total. The van der Waals surface area contributed by atoms with Gasteiger partial charge in [0.2, 0.25) is 5.92 Å². The molecule has 0 unspecified atom stereocenters. The molecular formula is C13H16F2N2O2. The maximum atomic E-state index is 13.0. The van der Waals surface area contributed by atoms with Gasteiger partial charge in [0.25, 0.3) is 11.5 Å². The zero-order valence-electron chi connectivity index (χ0n) is 10.7. The number of alkyl halides is 2. The van der Waals surface area contributed by atoms with Crippen LogP contribution < -0.4 is 10.9 Å². The highest BCUT2D eigenvalue weighted by atomic mass is 19.3. The molecule has 1 aromatic rings. The Morgan fingerprint density at radius 1 is 1.42 bits per heavy atom. The Labute approximate surface area is 109 Å². The first-order chi connectivity index (χ1) is 8.87. The van der Waals surface area contributed by atoms with E-state index in [0.29, 0.717) is 0 Å². The molecule has 0 aliphatic heterocycles. The number of nitrogens with zero attached hydrogens (tertiary/aromatic N) is 1. The highest BCUT2D eigenvalue weighted by Gasteiger charge is 2.35. The SMILES string of the molecule is Cn1ccc(C(=O)NC2CCC(F)(F)CC2)cc1=O. The number of carbonyl (C=O) groups excluding carboxylic acids is 1. The molecule has 4 nitrogen and oxygen atoms in total. The Morgan fingerprint density at radius 2 is 2.05 bits per heavy atom. The fourth-order valence-electron chi connectivity index (χ4n) is 2.14. The number of carbonyl (C=O) groups is 1. The number of rotatable bonds is 2. The van der Waals surface area contributed by atoms with Crippen molar-refractivity contribution in [3.8, 4) is 0 Å². The molecule has 0 bridgehead atoms. The van der Waals surface area contributed by atoms with Crippen LogP contribution in [0.2, 0.25) is 0 Å². The minimum Gasteiger partial charge on any atom is -0.349 e. The lowest BCUT2D eigenvalue weighted by atomic mass is 9.92. The number of hydrogen-bond donors (Lipinski definition) is 1. The second-order valence-corrected chi connectivity index (χ2v) is 4.97. The zero-order valence-corrected chi connectivity index (χ0v) is 10.7. The Balaban J connectivity index is 1.98. The Bertz CT molecular complexity index is 530. The molecule has 0 saturated heterocycles. The summed E-state index contributed by atoms with van der Waals surface area (Å²) in [6.07, 6.45) is 1.64. The molecule has 1 aromatic heterocycles. The van der Waals surface area contributed by atoms with Gasteiger partial charge in [0.05, 0.1) is 0 Å². The maximum absolute atomic E-state index is 13.0. The van der Waals surface area contributed by atoms with Crippen molar-refractivity contribution in [3.05, 3.63) is 34.2 Å². The van der Waals surface area contributed by atoms with Gasteiger partial charge in [-0.15, -0.1) is 0 Å². The van der Waals surface area contributed by atoms with Crippen LogP contribution in [0.25, 0.3) is 0 Å². The summed E-state index contributed by atoms with van der Waals surface area (Å²) in [5.74, 6) is -2.99. The monoisotopic (exact) mass is 270 g/mol. The van der Waals surface area contributed by atoms with E-state index in [0.717, 1.165) is 0 Å². The molecule has 1 saturated carbocycles. The van der Waals surface area contributed by atoms with Crippen LogP contribution >= 0.6 is 0 Å². The van der Waals surface area contributed by atoms with Crippen molar-refractivity contribution >= 4 is 5.91 Å². The molecule has 0 radical (unpaired) electrons. The number of amides is 1.